The van der Waals surface area contributed by atoms with Crippen LogP contribution in [-0.4, -0.2) is 18.5 Å². The number of rotatable bonds is 2. The third-order valence-electron chi connectivity index (χ3n) is 4.01. The lowest BCUT2D eigenvalue weighted by Gasteiger charge is -2.28. The van der Waals surface area contributed by atoms with Gasteiger partial charge in [0.15, 0.2) is 0 Å². The van der Waals surface area contributed by atoms with Crippen molar-refractivity contribution in [3.05, 3.63) is 29.3 Å². The third-order valence-corrected chi connectivity index (χ3v) is 4.01. The van der Waals surface area contributed by atoms with Gasteiger partial charge in [0.05, 0.1) is 0 Å². The van der Waals surface area contributed by atoms with Crippen molar-refractivity contribution in [3.63, 3.8) is 0 Å². The van der Waals surface area contributed by atoms with Gasteiger partial charge in [0.1, 0.15) is 0 Å². The van der Waals surface area contributed by atoms with Gasteiger partial charge >= 0.3 is 0 Å². The van der Waals surface area contributed by atoms with Gasteiger partial charge in [-0.15, -0.1) is 0 Å². The summed E-state index contributed by atoms with van der Waals surface area (Å²) in [7, 11) is 1.86. The lowest BCUT2D eigenvalue weighted by atomic mass is 9.92. The first-order chi connectivity index (χ1) is 8.09. The molecular formula is C14H18N2O. The second-order valence-corrected chi connectivity index (χ2v) is 5.41. The summed E-state index contributed by atoms with van der Waals surface area (Å²) in [6, 6.07) is 6.23. The van der Waals surface area contributed by atoms with Crippen LogP contribution in [0.5, 0.6) is 0 Å². The van der Waals surface area contributed by atoms with Gasteiger partial charge in [-0.05, 0) is 42.9 Å². The van der Waals surface area contributed by atoms with Gasteiger partial charge < -0.3 is 10.6 Å². The zero-order valence-electron chi connectivity index (χ0n) is 10.2. The molecule has 1 aliphatic heterocycles. The van der Waals surface area contributed by atoms with E-state index >= 15 is 0 Å². The van der Waals surface area contributed by atoms with Crippen LogP contribution >= 0.6 is 0 Å². The number of fused-ring (bicyclic) bond motifs is 1. The molecule has 17 heavy (non-hydrogen) atoms. The van der Waals surface area contributed by atoms with Crippen LogP contribution in [0.15, 0.2) is 18.2 Å². The zero-order chi connectivity index (χ0) is 12.0. The molecule has 0 radical (unpaired) electrons. The normalized spacial score (nSPS) is 21.3. The van der Waals surface area contributed by atoms with Crippen LogP contribution in [0.25, 0.3) is 0 Å². The lowest BCUT2D eigenvalue weighted by Crippen LogP contribution is -2.32. The highest BCUT2D eigenvalue weighted by molar-refractivity contribution is 5.96. The number of benzene rings is 1. The molecule has 0 saturated heterocycles. The summed E-state index contributed by atoms with van der Waals surface area (Å²) >= 11 is 0. The van der Waals surface area contributed by atoms with Crippen molar-refractivity contribution in [1.82, 2.24) is 0 Å². The minimum atomic E-state index is 0.0369. The van der Waals surface area contributed by atoms with Crippen molar-refractivity contribution in [2.24, 2.45) is 5.73 Å². The minimum absolute atomic E-state index is 0.0369. The number of nitrogens with two attached hydrogens (primary N) is 1. The fourth-order valence-electron chi connectivity index (χ4n) is 2.64. The van der Waals surface area contributed by atoms with E-state index in [1.165, 1.54) is 11.1 Å². The van der Waals surface area contributed by atoms with E-state index in [0.29, 0.717) is 6.42 Å². The second-order valence-electron chi connectivity index (χ2n) is 5.41. The molecule has 1 aromatic carbocycles. The van der Waals surface area contributed by atoms with Crippen molar-refractivity contribution in [3.8, 4) is 0 Å². The summed E-state index contributed by atoms with van der Waals surface area (Å²) in [5.74, 6) is 0.212. The van der Waals surface area contributed by atoms with Crippen LogP contribution < -0.4 is 10.6 Å². The largest absolute Gasteiger partial charge is 0.325 e. The summed E-state index contributed by atoms with van der Waals surface area (Å²) in [6.45, 7) is 0. The number of amides is 1. The molecular weight excluding hydrogens is 212 g/mol. The van der Waals surface area contributed by atoms with Crippen LogP contribution in [0.3, 0.4) is 0 Å². The lowest BCUT2D eigenvalue weighted by molar-refractivity contribution is -0.118. The smallest absolute Gasteiger partial charge is 0.227 e. The van der Waals surface area contributed by atoms with Crippen LogP contribution in [0, 0.1) is 0 Å². The van der Waals surface area contributed by atoms with Crippen molar-refractivity contribution in [1.29, 1.82) is 0 Å². The van der Waals surface area contributed by atoms with E-state index in [1.807, 2.05) is 19.2 Å². The Kier molecular flexibility index (Phi) is 2.26. The van der Waals surface area contributed by atoms with Gasteiger partial charge in [0.25, 0.3) is 0 Å². The van der Waals surface area contributed by atoms with Gasteiger partial charge in [0, 0.05) is 24.7 Å². The second kappa shape index (κ2) is 3.57. The molecule has 0 bridgehead atoms. The first-order valence-electron chi connectivity index (χ1n) is 6.25. The van der Waals surface area contributed by atoms with Gasteiger partial charge in [-0.3, -0.25) is 4.79 Å². The molecule has 0 aromatic heterocycles. The Bertz CT molecular complexity index is 477. The van der Waals surface area contributed by atoms with E-state index in [4.69, 9.17) is 5.73 Å². The maximum absolute atomic E-state index is 11.7. The summed E-state index contributed by atoms with van der Waals surface area (Å²) in [5, 5.41) is 0. The Morgan fingerprint density at radius 3 is 2.82 bits per heavy atom. The number of anilines is 1. The number of carbonyl (C=O) groups is 1. The van der Waals surface area contributed by atoms with Gasteiger partial charge in [-0.25, -0.2) is 0 Å². The van der Waals surface area contributed by atoms with E-state index in [-0.39, 0.29) is 11.4 Å². The molecule has 3 nitrogen and oxygen atoms in total. The molecule has 2 N–H and O–H groups in total. The minimum Gasteiger partial charge on any atom is -0.325 e. The number of carbonyl (C=O) groups excluding carboxylic acids is 1. The molecule has 1 fully saturated rings. The molecule has 1 heterocycles. The third kappa shape index (κ3) is 1.84. The number of hydrogen-bond donors (Lipinski definition) is 1. The molecule has 0 spiro atoms. The Balaban J connectivity index is 1.98. The average molecular weight is 230 g/mol. The van der Waals surface area contributed by atoms with Crippen molar-refractivity contribution in [2.75, 3.05) is 11.9 Å². The van der Waals surface area contributed by atoms with Crippen LogP contribution in [0.1, 0.15) is 30.4 Å². The maximum atomic E-state index is 11.7. The first-order valence-corrected chi connectivity index (χ1v) is 6.25. The predicted octanol–water partition coefficient (Wildman–Crippen LogP) is 1.63. The predicted molar refractivity (Wildman–Crippen MR) is 68.0 cm³/mol. The molecule has 3 rings (SSSR count). The quantitative estimate of drug-likeness (QED) is 0.839. The standard InChI is InChI=1S/C14H18N2O/c1-16-12-4-2-3-10(9-14(15)7-8-14)11(12)5-6-13(16)17/h2-4H,5-9,15H2,1H3. The summed E-state index contributed by atoms with van der Waals surface area (Å²) in [6.07, 6.45) is 4.71. The van der Waals surface area contributed by atoms with Gasteiger partial charge in [0.2, 0.25) is 5.91 Å². The summed E-state index contributed by atoms with van der Waals surface area (Å²) in [5.41, 5.74) is 9.96. The molecule has 1 amide bonds. The van der Waals surface area contributed by atoms with Crippen LogP contribution in [0.2, 0.25) is 0 Å². The highest BCUT2D eigenvalue weighted by Crippen LogP contribution is 2.38. The zero-order valence-corrected chi connectivity index (χ0v) is 10.2. The molecule has 1 aromatic rings. The van der Waals surface area contributed by atoms with Crippen molar-refractivity contribution in [2.45, 2.75) is 37.6 Å². The van der Waals surface area contributed by atoms with E-state index in [2.05, 4.69) is 6.07 Å². The Morgan fingerprint density at radius 1 is 1.35 bits per heavy atom. The highest BCUT2D eigenvalue weighted by Gasteiger charge is 2.39. The van der Waals surface area contributed by atoms with E-state index in [9.17, 15) is 4.79 Å². The average Bonchev–Trinajstić information content (AvgIpc) is 3.02. The van der Waals surface area contributed by atoms with E-state index in [0.717, 1.165) is 31.4 Å². The molecule has 1 aliphatic carbocycles. The summed E-state index contributed by atoms with van der Waals surface area (Å²) < 4.78 is 0. The van der Waals surface area contributed by atoms with Crippen molar-refractivity contribution >= 4 is 11.6 Å². The fraction of sp³-hybridized carbons (Fsp3) is 0.500. The van der Waals surface area contributed by atoms with Gasteiger partial charge in [-0.1, -0.05) is 12.1 Å². The SMILES string of the molecule is CN1C(=O)CCc2c(CC3(N)CC3)cccc21. The molecule has 0 atom stereocenters. The van der Waals surface area contributed by atoms with Crippen molar-refractivity contribution < 1.29 is 4.79 Å². The maximum Gasteiger partial charge on any atom is 0.227 e. The highest BCUT2D eigenvalue weighted by atomic mass is 16.2. The Hall–Kier alpha value is -1.35. The van der Waals surface area contributed by atoms with E-state index < -0.39 is 0 Å². The molecule has 0 unspecified atom stereocenters. The molecule has 2 aliphatic rings. The van der Waals surface area contributed by atoms with Gasteiger partial charge in [-0.2, -0.15) is 0 Å². The first kappa shape index (κ1) is 10.8. The van der Waals surface area contributed by atoms with Crippen LogP contribution in [0.4, 0.5) is 5.69 Å². The fourth-order valence-corrected chi connectivity index (χ4v) is 2.64. The molecule has 1 saturated carbocycles. The molecule has 3 heteroatoms. The number of hydrogen-bond acceptors (Lipinski definition) is 2. The number of nitrogens with zero attached hydrogens (tertiary/aromatic N) is 1. The van der Waals surface area contributed by atoms with Crippen LogP contribution in [-0.2, 0) is 17.6 Å². The van der Waals surface area contributed by atoms with E-state index in [1.54, 1.807) is 4.90 Å². The summed E-state index contributed by atoms with van der Waals surface area (Å²) in [4.78, 5) is 13.4. The Labute approximate surface area is 102 Å². The monoisotopic (exact) mass is 230 g/mol. The topological polar surface area (TPSA) is 46.3 Å². The Morgan fingerprint density at radius 2 is 2.12 bits per heavy atom. The molecule has 90 valence electrons.